The van der Waals surface area contributed by atoms with Crippen molar-refractivity contribution >= 4 is 16.6 Å². The molecule has 0 aliphatic carbocycles. The molecule has 0 aliphatic heterocycles. The van der Waals surface area contributed by atoms with Gasteiger partial charge in [0.15, 0.2) is 0 Å². The molecular formula is C19H15FN4O. The summed E-state index contributed by atoms with van der Waals surface area (Å²) in [5, 5.41) is 11.8. The van der Waals surface area contributed by atoms with Crippen LogP contribution in [0.25, 0.3) is 22.4 Å². The van der Waals surface area contributed by atoms with E-state index in [9.17, 15) is 4.39 Å². The van der Waals surface area contributed by atoms with Crippen LogP contribution in [0.3, 0.4) is 0 Å². The van der Waals surface area contributed by atoms with E-state index in [-0.39, 0.29) is 5.82 Å². The second kappa shape index (κ2) is 6.32. The van der Waals surface area contributed by atoms with E-state index in [2.05, 4.69) is 20.5 Å². The fourth-order valence-electron chi connectivity index (χ4n) is 2.80. The molecule has 0 fully saturated rings. The van der Waals surface area contributed by atoms with Crippen molar-refractivity contribution in [3.05, 3.63) is 72.0 Å². The van der Waals surface area contributed by atoms with Crippen molar-refractivity contribution < 1.29 is 8.81 Å². The second-order valence-electron chi connectivity index (χ2n) is 5.77. The number of hydrogen-bond donors (Lipinski definition) is 1. The summed E-state index contributed by atoms with van der Waals surface area (Å²) in [5.41, 5.74) is 4.41. The molecule has 0 saturated heterocycles. The van der Waals surface area contributed by atoms with Gasteiger partial charge in [-0.2, -0.15) is 0 Å². The van der Waals surface area contributed by atoms with Gasteiger partial charge in [0.25, 0.3) is 0 Å². The Labute approximate surface area is 143 Å². The van der Waals surface area contributed by atoms with E-state index in [1.165, 1.54) is 18.5 Å². The molecule has 0 bridgehead atoms. The lowest BCUT2D eigenvalue weighted by Gasteiger charge is -2.12. The minimum absolute atomic E-state index is 0.270. The van der Waals surface area contributed by atoms with Crippen LogP contribution in [-0.4, -0.2) is 15.2 Å². The molecular weight excluding hydrogens is 319 g/mol. The van der Waals surface area contributed by atoms with Gasteiger partial charge in [0, 0.05) is 34.9 Å². The molecule has 2 heterocycles. The van der Waals surface area contributed by atoms with Gasteiger partial charge in [0.2, 0.25) is 12.3 Å². The molecule has 124 valence electrons. The highest BCUT2D eigenvalue weighted by Gasteiger charge is 2.09. The van der Waals surface area contributed by atoms with Gasteiger partial charge in [-0.3, -0.25) is 4.98 Å². The molecule has 4 rings (SSSR count). The number of anilines is 1. The highest BCUT2D eigenvalue weighted by Crippen LogP contribution is 2.25. The van der Waals surface area contributed by atoms with Gasteiger partial charge in [-0.15, -0.1) is 10.2 Å². The summed E-state index contributed by atoms with van der Waals surface area (Å²) in [6.45, 7) is 2.46. The van der Waals surface area contributed by atoms with E-state index >= 15 is 0 Å². The number of aromatic nitrogens is 3. The highest BCUT2D eigenvalue weighted by molar-refractivity contribution is 5.82. The van der Waals surface area contributed by atoms with Gasteiger partial charge in [-0.1, -0.05) is 12.1 Å². The van der Waals surface area contributed by atoms with Crippen LogP contribution in [0.4, 0.5) is 10.1 Å². The Balaban J connectivity index is 1.65. The van der Waals surface area contributed by atoms with Gasteiger partial charge >= 0.3 is 0 Å². The number of fused-ring (bicyclic) bond motifs is 1. The summed E-state index contributed by atoms with van der Waals surface area (Å²) in [4.78, 5) is 4.38. The normalized spacial score (nSPS) is 11.0. The van der Waals surface area contributed by atoms with Crippen molar-refractivity contribution in [3.8, 4) is 11.5 Å². The SMILES string of the molecule is Cc1ccc(-c2nnco2)cc1NCc1cc(F)cc2cccnc12. The highest BCUT2D eigenvalue weighted by atomic mass is 19.1. The maximum atomic E-state index is 13.9. The summed E-state index contributed by atoms with van der Waals surface area (Å²) in [5.74, 6) is 0.189. The molecule has 25 heavy (non-hydrogen) atoms. The molecule has 2 aromatic carbocycles. The number of pyridine rings is 1. The molecule has 5 nitrogen and oxygen atoms in total. The van der Waals surface area contributed by atoms with Crippen LogP contribution in [0.5, 0.6) is 0 Å². The Morgan fingerprint density at radius 2 is 2.08 bits per heavy atom. The molecule has 0 unspecified atom stereocenters. The Hall–Kier alpha value is -3.28. The number of rotatable bonds is 4. The van der Waals surface area contributed by atoms with Crippen LogP contribution < -0.4 is 5.32 Å². The van der Waals surface area contributed by atoms with Crippen LogP contribution in [0, 0.1) is 12.7 Å². The molecule has 0 saturated carbocycles. The van der Waals surface area contributed by atoms with Crippen LogP contribution in [-0.2, 0) is 6.54 Å². The number of benzene rings is 2. The van der Waals surface area contributed by atoms with Crippen LogP contribution in [0.1, 0.15) is 11.1 Å². The van der Waals surface area contributed by atoms with Crippen LogP contribution in [0.15, 0.2) is 59.5 Å². The molecule has 2 aromatic heterocycles. The van der Waals surface area contributed by atoms with E-state index in [1.807, 2.05) is 31.2 Å². The molecule has 0 atom stereocenters. The zero-order valence-electron chi connectivity index (χ0n) is 13.5. The number of nitrogens with one attached hydrogen (secondary N) is 1. The van der Waals surface area contributed by atoms with Crippen molar-refractivity contribution in [2.24, 2.45) is 0 Å². The first-order valence-corrected chi connectivity index (χ1v) is 7.85. The van der Waals surface area contributed by atoms with E-state index in [1.54, 1.807) is 12.3 Å². The van der Waals surface area contributed by atoms with Gasteiger partial charge in [0.1, 0.15) is 5.82 Å². The lowest BCUT2D eigenvalue weighted by atomic mass is 10.1. The number of hydrogen-bond acceptors (Lipinski definition) is 5. The fraction of sp³-hybridized carbons (Fsp3) is 0.105. The van der Waals surface area contributed by atoms with E-state index in [4.69, 9.17) is 4.42 Å². The Morgan fingerprint density at radius 3 is 2.92 bits per heavy atom. The van der Waals surface area contributed by atoms with Gasteiger partial charge in [-0.25, -0.2) is 4.39 Å². The number of aryl methyl sites for hydroxylation is 1. The minimum atomic E-state index is -0.270. The molecule has 4 aromatic rings. The Morgan fingerprint density at radius 1 is 1.16 bits per heavy atom. The van der Waals surface area contributed by atoms with E-state index in [0.717, 1.165) is 33.3 Å². The molecule has 1 N–H and O–H groups in total. The first kappa shape index (κ1) is 15.3. The fourth-order valence-corrected chi connectivity index (χ4v) is 2.80. The third-order valence-corrected chi connectivity index (χ3v) is 4.06. The number of nitrogens with zero attached hydrogens (tertiary/aromatic N) is 3. The second-order valence-corrected chi connectivity index (χ2v) is 5.77. The van der Waals surface area contributed by atoms with Crippen LogP contribution in [0.2, 0.25) is 0 Å². The van der Waals surface area contributed by atoms with Crippen molar-refractivity contribution in [1.82, 2.24) is 15.2 Å². The van der Waals surface area contributed by atoms with E-state index < -0.39 is 0 Å². The predicted molar refractivity (Wildman–Crippen MR) is 93.5 cm³/mol. The zero-order valence-corrected chi connectivity index (χ0v) is 13.5. The monoisotopic (exact) mass is 334 g/mol. The standard InChI is InChI=1S/C19H15FN4O/c1-12-4-5-14(19-24-23-11-25-19)9-17(12)22-10-15-8-16(20)7-13-3-2-6-21-18(13)15/h2-9,11,22H,10H2,1H3. The smallest absolute Gasteiger partial charge is 0.247 e. The van der Waals surface area contributed by atoms with Crippen molar-refractivity contribution in [2.75, 3.05) is 5.32 Å². The maximum Gasteiger partial charge on any atom is 0.247 e. The third-order valence-electron chi connectivity index (χ3n) is 4.06. The molecule has 0 radical (unpaired) electrons. The quantitative estimate of drug-likeness (QED) is 0.601. The Kier molecular flexibility index (Phi) is 3.85. The van der Waals surface area contributed by atoms with Gasteiger partial charge in [-0.05, 0) is 42.8 Å². The summed E-state index contributed by atoms with van der Waals surface area (Å²) in [6.07, 6.45) is 3.01. The lowest BCUT2D eigenvalue weighted by molar-refractivity contribution is 0.568. The third kappa shape index (κ3) is 3.06. The largest absolute Gasteiger partial charge is 0.423 e. The average molecular weight is 334 g/mol. The van der Waals surface area contributed by atoms with Crippen molar-refractivity contribution in [3.63, 3.8) is 0 Å². The molecule has 0 aliphatic rings. The van der Waals surface area contributed by atoms with Gasteiger partial charge < -0.3 is 9.73 Å². The summed E-state index contributed by atoms with van der Waals surface area (Å²) in [7, 11) is 0. The van der Waals surface area contributed by atoms with Crippen molar-refractivity contribution in [1.29, 1.82) is 0 Å². The lowest BCUT2D eigenvalue weighted by Crippen LogP contribution is -2.03. The molecule has 0 spiro atoms. The Bertz CT molecular complexity index is 1030. The zero-order chi connectivity index (χ0) is 17.2. The van der Waals surface area contributed by atoms with E-state index in [0.29, 0.717) is 12.4 Å². The molecule has 6 heteroatoms. The first-order valence-electron chi connectivity index (χ1n) is 7.85. The summed E-state index contributed by atoms with van der Waals surface area (Å²) >= 11 is 0. The van der Waals surface area contributed by atoms with Gasteiger partial charge in [0.05, 0.1) is 5.52 Å². The van der Waals surface area contributed by atoms with Crippen LogP contribution >= 0.6 is 0 Å². The maximum absolute atomic E-state index is 13.9. The topological polar surface area (TPSA) is 63.8 Å². The molecule has 0 amide bonds. The summed E-state index contributed by atoms with van der Waals surface area (Å²) in [6, 6.07) is 12.5. The number of halogens is 1. The average Bonchev–Trinajstić information content (AvgIpc) is 3.15. The van der Waals surface area contributed by atoms with Crippen molar-refractivity contribution in [2.45, 2.75) is 13.5 Å². The first-order chi connectivity index (χ1) is 12.2. The predicted octanol–water partition coefficient (Wildman–Crippen LogP) is 4.34. The summed E-state index contributed by atoms with van der Waals surface area (Å²) < 4.78 is 19.1. The minimum Gasteiger partial charge on any atom is -0.423 e.